The number of hydrogen-bond acceptors (Lipinski definition) is 5. The molecule has 0 saturated heterocycles. The minimum absolute atomic E-state index is 0.534. The Kier molecular flexibility index (Phi) is 4.44. The second-order valence-corrected chi connectivity index (χ2v) is 4.88. The largest absolute Gasteiger partial charge is 0.495 e. The summed E-state index contributed by atoms with van der Waals surface area (Å²) in [6, 6.07) is 5.41. The molecule has 0 bridgehead atoms. The van der Waals surface area contributed by atoms with E-state index in [1.54, 1.807) is 32.5 Å². The van der Waals surface area contributed by atoms with Gasteiger partial charge in [0.05, 0.1) is 16.6 Å². The van der Waals surface area contributed by atoms with Crippen LogP contribution >= 0.6 is 27.5 Å². The number of aromatic nitrogens is 2. The highest BCUT2D eigenvalue weighted by Crippen LogP contribution is 2.30. The second-order valence-electron chi connectivity index (χ2n) is 3.61. The van der Waals surface area contributed by atoms with Crippen molar-refractivity contribution in [2.75, 3.05) is 24.8 Å². The van der Waals surface area contributed by atoms with E-state index in [-0.39, 0.29) is 0 Å². The molecule has 5 nitrogen and oxygen atoms in total. The van der Waals surface area contributed by atoms with Gasteiger partial charge in [0.1, 0.15) is 11.6 Å². The highest BCUT2D eigenvalue weighted by molar-refractivity contribution is 9.10. The zero-order valence-corrected chi connectivity index (χ0v) is 12.7. The molecule has 0 aliphatic heterocycles. The Morgan fingerprint density at radius 3 is 2.84 bits per heavy atom. The van der Waals surface area contributed by atoms with E-state index in [1.807, 2.05) is 6.07 Å². The van der Waals surface area contributed by atoms with E-state index in [0.717, 1.165) is 10.2 Å². The average Bonchev–Trinajstić information content (AvgIpc) is 2.43. The van der Waals surface area contributed by atoms with Crippen molar-refractivity contribution in [2.24, 2.45) is 0 Å². The van der Waals surface area contributed by atoms with Crippen LogP contribution in [0.1, 0.15) is 0 Å². The first-order chi connectivity index (χ1) is 9.13. The second kappa shape index (κ2) is 6.08. The summed E-state index contributed by atoms with van der Waals surface area (Å²) in [6.07, 6.45) is 1.67. The van der Waals surface area contributed by atoms with Crippen LogP contribution in [0.25, 0.3) is 0 Å². The zero-order valence-electron chi connectivity index (χ0n) is 10.4. The summed E-state index contributed by atoms with van der Waals surface area (Å²) >= 11 is 9.38. The van der Waals surface area contributed by atoms with Gasteiger partial charge in [0.25, 0.3) is 0 Å². The molecule has 0 aliphatic rings. The number of rotatable bonds is 4. The van der Waals surface area contributed by atoms with Gasteiger partial charge in [-0.15, -0.1) is 0 Å². The summed E-state index contributed by atoms with van der Waals surface area (Å²) in [6.45, 7) is 0. The fourth-order valence-electron chi connectivity index (χ4n) is 1.45. The fraction of sp³-hybridized carbons (Fsp3) is 0.167. The van der Waals surface area contributed by atoms with Gasteiger partial charge in [0, 0.05) is 25.0 Å². The summed E-state index contributed by atoms with van der Waals surface area (Å²) in [5.74, 6) is 1.79. The summed E-state index contributed by atoms with van der Waals surface area (Å²) in [5.41, 5.74) is 0.822. The quantitative estimate of drug-likeness (QED) is 0.886. The third-order valence-electron chi connectivity index (χ3n) is 2.38. The number of anilines is 3. The number of hydrogen-bond donors (Lipinski definition) is 2. The molecule has 1 aromatic heterocycles. The number of nitrogens with zero attached hydrogens (tertiary/aromatic N) is 2. The van der Waals surface area contributed by atoms with E-state index in [9.17, 15) is 0 Å². The number of methoxy groups -OCH3 is 1. The zero-order chi connectivity index (χ0) is 13.8. The lowest BCUT2D eigenvalue weighted by molar-refractivity contribution is 0.415. The van der Waals surface area contributed by atoms with Gasteiger partial charge in [-0.2, -0.15) is 4.98 Å². The van der Waals surface area contributed by atoms with Crippen molar-refractivity contribution < 1.29 is 4.74 Å². The van der Waals surface area contributed by atoms with Crippen LogP contribution in [0.4, 0.5) is 17.5 Å². The monoisotopic (exact) mass is 342 g/mol. The minimum atomic E-state index is 0.534. The van der Waals surface area contributed by atoms with Gasteiger partial charge in [-0.1, -0.05) is 11.6 Å². The first-order valence-corrected chi connectivity index (χ1v) is 6.62. The first kappa shape index (κ1) is 13.9. The van der Waals surface area contributed by atoms with Crippen LogP contribution in [0, 0.1) is 0 Å². The summed E-state index contributed by atoms with van der Waals surface area (Å²) in [5, 5.41) is 6.62. The molecule has 0 atom stereocenters. The Hall–Kier alpha value is -1.53. The normalized spacial score (nSPS) is 10.1. The van der Waals surface area contributed by atoms with Crippen molar-refractivity contribution >= 4 is 45.0 Å². The molecule has 0 radical (unpaired) electrons. The van der Waals surface area contributed by atoms with Crippen LogP contribution in [-0.4, -0.2) is 24.1 Å². The lowest BCUT2D eigenvalue weighted by Gasteiger charge is -2.10. The van der Waals surface area contributed by atoms with E-state index < -0.39 is 0 Å². The molecule has 2 aromatic rings. The maximum atomic E-state index is 5.98. The van der Waals surface area contributed by atoms with Crippen molar-refractivity contribution in [2.45, 2.75) is 0 Å². The number of benzene rings is 1. The topological polar surface area (TPSA) is 59.1 Å². The smallest absolute Gasteiger partial charge is 0.224 e. The van der Waals surface area contributed by atoms with Crippen LogP contribution in [-0.2, 0) is 0 Å². The molecule has 0 unspecified atom stereocenters. The van der Waals surface area contributed by atoms with Gasteiger partial charge in [0.15, 0.2) is 0 Å². The molecule has 100 valence electrons. The van der Waals surface area contributed by atoms with E-state index >= 15 is 0 Å². The van der Waals surface area contributed by atoms with Crippen LogP contribution in [0.15, 0.2) is 28.9 Å². The molecule has 7 heteroatoms. The van der Waals surface area contributed by atoms with Gasteiger partial charge in [-0.3, -0.25) is 0 Å². The molecule has 0 aliphatic carbocycles. The summed E-state index contributed by atoms with van der Waals surface area (Å²) in [7, 11) is 3.34. The highest BCUT2D eigenvalue weighted by Gasteiger charge is 2.07. The molecule has 2 N–H and O–H groups in total. The Balaban J connectivity index is 2.30. The summed E-state index contributed by atoms with van der Waals surface area (Å²) < 4.78 is 5.93. The van der Waals surface area contributed by atoms with Crippen LogP contribution in [0.5, 0.6) is 5.75 Å². The van der Waals surface area contributed by atoms with Gasteiger partial charge in [-0.05, 0) is 28.1 Å². The first-order valence-electron chi connectivity index (χ1n) is 5.45. The van der Waals surface area contributed by atoms with Crippen LogP contribution < -0.4 is 15.4 Å². The van der Waals surface area contributed by atoms with Crippen molar-refractivity contribution in [1.82, 2.24) is 9.97 Å². The van der Waals surface area contributed by atoms with Crippen molar-refractivity contribution in [3.8, 4) is 5.75 Å². The van der Waals surface area contributed by atoms with Crippen molar-refractivity contribution in [3.05, 3.63) is 33.9 Å². The van der Waals surface area contributed by atoms with Gasteiger partial charge in [-0.25, -0.2) is 4.98 Å². The summed E-state index contributed by atoms with van der Waals surface area (Å²) in [4.78, 5) is 8.40. The molecule has 0 fully saturated rings. The SMILES string of the molecule is CNc1ncc(Br)c(Nc2ccc(Cl)c(OC)c2)n1. The van der Waals surface area contributed by atoms with Gasteiger partial charge in [0.2, 0.25) is 5.95 Å². The Morgan fingerprint density at radius 1 is 1.37 bits per heavy atom. The third-order valence-corrected chi connectivity index (χ3v) is 3.27. The van der Waals surface area contributed by atoms with E-state index in [1.165, 1.54) is 0 Å². The fourth-order valence-corrected chi connectivity index (χ4v) is 1.93. The van der Waals surface area contributed by atoms with E-state index in [2.05, 4.69) is 36.5 Å². The van der Waals surface area contributed by atoms with E-state index in [0.29, 0.717) is 22.5 Å². The maximum Gasteiger partial charge on any atom is 0.224 e. The lowest BCUT2D eigenvalue weighted by Crippen LogP contribution is -2.01. The molecule has 0 saturated carbocycles. The molecule has 0 spiro atoms. The molecular formula is C12H12BrClN4O. The average molecular weight is 344 g/mol. The highest BCUT2D eigenvalue weighted by atomic mass is 79.9. The molecule has 19 heavy (non-hydrogen) atoms. The van der Waals surface area contributed by atoms with Gasteiger partial charge < -0.3 is 15.4 Å². The number of halogens is 2. The number of ether oxygens (including phenoxy) is 1. The molecular weight excluding hydrogens is 332 g/mol. The molecule has 0 amide bonds. The molecule has 1 heterocycles. The number of nitrogens with one attached hydrogen (secondary N) is 2. The Morgan fingerprint density at radius 2 is 2.16 bits per heavy atom. The Labute approximate surface area is 124 Å². The third kappa shape index (κ3) is 3.27. The predicted octanol–water partition coefficient (Wildman–Crippen LogP) is 3.69. The predicted molar refractivity (Wildman–Crippen MR) is 80.6 cm³/mol. The van der Waals surface area contributed by atoms with Crippen molar-refractivity contribution in [3.63, 3.8) is 0 Å². The molecule has 1 aromatic carbocycles. The van der Waals surface area contributed by atoms with Gasteiger partial charge >= 0.3 is 0 Å². The minimum Gasteiger partial charge on any atom is -0.495 e. The standard InChI is InChI=1S/C12H12BrClN4O/c1-15-12-16-6-8(13)11(18-12)17-7-3-4-9(14)10(5-7)19-2/h3-6H,1-2H3,(H2,15,16,17,18). The van der Waals surface area contributed by atoms with Crippen molar-refractivity contribution in [1.29, 1.82) is 0 Å². The van der Waals surface area contributed by atoms with Crippen LogP contribution in [0.2, 0.25) is 5.02 Å². The van der Waals surface area contributed by atoms with E-state index in [4.69, 9.17) is 16.3 Å². The Bertz CT molecular complexity index is 594. The molecule has 2 rings (SSSR count). The van der Waals surface area contributed by atoms with Crippen LogP contribution in [0.3, 0.4) is 0 Å². The lowest BCUT2D eigenvalue weighted by atomic mass is 10.3. The maximum absolute atomic E-state index is 5.98.